The molecular weight excluding hydrogens is 378 g/mol. The second kappa shape index (κ2) is 7.89. The number of imidazole rings is 1. The van der Waals surface area contributed by atoms with Crippen molar-refractivity contribution in [2.24, 2.45) is 0 Å². The SMILES string of the molecule is O=C(c1cnc2c(c1)ncn2Cc1ccccc1)N1CCN(C2CCCC2)C(=O)C1. The lowest BCUT2D eigenvalue weighted by molar-refractivity contribution is -0.137. The lowest BCUT2D eigenvalue weighted by Crippen LogP contribution is -2.54. The molecule has 3 heterocycles. The molecule has 2 aromatic heterocycles. The van der Waals surface area contributed by atoms with Gasteiger partial charge in [0.15, 0.2) is 5.65 Å². The van der Waals surface area contributed by atoms with Gasteiger partial charge in [-0.05, 0) is 24.5 Å². The fourth-order valence-electron chi connectivity index (χ4n) is 4.61. The molecule has 5 rings (SSSR count). The van der Waals surface area contributed by atoms with Gasteiger partial charge in [0.05, 0.1) is 18.4 Å². The number of hydrogen-bond donors (Lipinski definition) is 0. The summed E-state index contributed by atoms with van der Waals surface area (Å²) in [7, 11) is 0. The molecule has 1 saturated heterocycles. The Bertz CT molecular complexity index is 1070. The molecule has 0 N–H and O–H groups in total. The highest BCUT2D eigenvalue weighted by molar-refractivity contribution is 5.98. The molecule has 154 valence electrons. The Morgan fingerprint density at radius 2 is 1.87 bits per heavy atom. The number of rotatable bonds is 4. The number of carbonyl (C=O) groups is 2. The molecule has 0 atom stereocenters. The van der Waals surface area contributed by atoms with Gasteiger partial charge in [0, 0.05) is 25.3 Å². The molecule has 1 aliphatic heterocycles. The number of benzene rings is 1. The van der Waals surface area contributed by atoms with Crippen molar-refractivity contribution in [1.29, 1.82) is 0 Å². The molecule has 0 radical (unpaired) electrons. The summed E-state index contributed by atoms with van der Waals surface area (Å²) in [5.74, 6) is -0.0934. The minimum absolute atomic E-state index is 0.0580. The van der Waals surface area contributed by atoms with E-state index in [1.165, 1.54) is 12.8 Å². The third kappa shape index (κ3) is 3.56. The van der Waals surface area contributed by atoms with E-state index in [4.69, 9.17) is 0 Å². The average molecular weight is 403 g/mol. The Hall–Kier alpha value is -3.22. The number of pyridine rings is 1. The van der Waals surface area contributed by atoms with E-state index in [0.29, 0.717) is 36.8 Å². The summed E-state index contributed by atoms with van der Waals surface area (Å²) in [6.45, 7) is 2.02. The normalized spacial score (nSPS) is 17.8. The van der Waals surface area contributed by atoms with Crippen LogP contribution in [0.25, 0.3) is 11.2 Å². The second-order valence-electron chi connectivity index (χ2n) is 8.18. The van der Waals surface area contributed by atoms with Gasteiger partial charge in [-0.15, -0.1) is 0 Å². The Morgan fingerprint density at radius 1 is 1.07 bits per heavy atom. The predicted octanol–water partition coefficient (Wildman–Crippen LogP) is 2.71. The Balaban J connectivity index is 1.30. The monoisotopic (exact) mass is 403 g/mol. The van der Waals surface area contributed by atoms with Gasteiger partial charge in [-0.3, -0.25) is 9.59 Å². The Labute approximate surface area is 175 Å². The van der Waals surface area contributed by atoms with E-state index in [2.05, 4.69) is 22.1 Å². The van der Waals surface area contributed by atoms with E-state index in [0.717, 1.165) is 24.1 Å². The summed E-state index contributed by atoms with van der Waals surface area (Å²) in [6, 6.07) is 12.3. The first-order chi connectivity index (χ1) is 14.7. The molecule has 0 spiro atoms. The highest BCUT2D eigenvalue weighted by Crippen LogP contribution is 2.25. The summed E-state index contributed by atoms with van der Waals surface area (Å²) < 4.78 is 1.98. The lowest BCUT2D eigenvalue weighted by atomic mass is 10.1. The average Bonchev–Trinajstić information content (AvgIpc) is 3.44. The van der Waals surface area contributed by atoms with E-state index in [1.807, 2.05) is 27.7 Å². The van der Waals surface area contributed by atoms with Gasteiger partial charge >= 0.3 is 0 Å². The minimum Gasteiger partial charge on any atom is -0.336 e. The first-order valence-electron chi connectivity index (χ1n) is 10.6. The molecule has 2 fully saturated rings. The van der Waals surface area contributed by atoms with Gasteiger partial charge in [0.25, 0.3) is 5.91 Å². The van der Waals surface area contributed by atoms with Crippen LogP contribution in [0.4, 0.5) is 0 Å². The van der Waals surface area contributed by atoms with Gasteiger partial charge in [-0.25, -0.2) is 9.97 Å². The van der Waals surface area contributed by atoms with Crippen molar-refractivity contribution < 1.29 is 9.59 Å². The van der Waals surface area contributed by atoms with Crippen LogP contribution < -0.4 is 0 Å². The zero-order valence-electron chi connectivity index (χ0n) is 16.9. The van der Waals surface area contributed by atoms with Gasteiger partial charge in [0.2, 0.25) is 5.91 Å². The lowest BCUT2D eigenvalue weighted by Gasteiger charge is -2.37. The van der Waals surface area contributed by atoms with E-state index in [-0.39, 0.29) is 18.4 Å². The molecule has 1 aromatic carbocycles. The molecule has 30 heavy (non-hydrogen) atoms. The highest BCUT2D eigenvalue weighted by atomic mass is 16.2. The fraction of sp³-hybridized carbons (Fsp3) is 0.391. The van der Waals surface area contributed by atoms with E-state index < -0.39 is 0 Å². The minimum atomic E-state index is -0.151. The topological polar surface area (TPSA) is 71.3 Å². The second-order valence-corrected chi connectivity index (χ2v) is 8.18. The number of hydrogen-bond acceptors (Lipinski definition) is 4. The molecule has 7 heteroatoms. The summed E-state index contributed by atoms with van der Waals surface area (Å²) in [5.41, 5.74) is 3.08. The van der Waals surface area contributed by atoms with Crippen LogP contribution in [0.3, 0.4) is 0 Å². The number of piperazine rings is 1. The summed E-state index contributed by atoms with van der Waals surface area (Å²) in [6.07, 6.45) is 7.92. The summed E-state index contributed by atoms with van der Waals surface area (Å²) in [5, 5.41) is 0. The maximum absolute atomic E-state index is 13.0. The molecule has 0 bridgehead atoms. The van der Waals surface area contributed by atoms with Crippen LogP contribution in [0.15, 0.2) is 48.9 Å². The molecule has 2 amide bonds. The van der Waals surface area contributed by atoms with Crippen LogP contribution in [0.5, 0.6) is 0 Å². The van der Waals surface area contributed by atoms with Gasteiger partial charge < -0.3 is 14.4 Å². The van der Waals surface area contributed by atoms with Gasteiger partial charge in [-0.1, -0.05) is 43.2 Å². The zero-order chi connectivity index (χ0) is 20.5. The van der Waals surface area contributed by atoms with Crippen molar-refractivity contribution in [1.82, 2.24) is 24.3 Å². The van der Waals surface area contributed by atoms with Crippen molar-refractivity contribution in [2.75, 3.05) is 19.6 Å². The maximum Gasteiger partial charge on any atom is 0.256 e. The van der Waals surface area contributed by atoms with Crippen LogP contribution in [-0.2, 0) is 11.3 Å². The van der Waals surface area contributed by atoms with E-state index in [9.17, 15) is 9.59 Å². The first kappa shape index (κ1) is 18.8. The predicted molar refractivity (Wildman–Crippen MR) is 113 cm³/mol. The molecule has 1 saturated carbocycles. The van der Waals surface area contributed by atoms with Crippen LogP contribution in [0.1, 0.15) is 41.6 Å². The zero-order valence-corrected chi connectivity index (χ0v) is 16.9. The van der Waals surface area contributed by atoms with Crippen LogP contribution in [-0.4, -0.2) is 61.8 Å². The number of aromatic nitrogens is 3. The van der Waals surface area contributed by atoms with Crippen LogP contribution in [0, 0.1) is 0 Å². The first-order valence-corrected chi connectivity index (χ1v) is 10.6. The van der Waals surface area contributed by atoms with Gasteiger partial charge in [-0.2, -0.15) is 0 Å². The Morgan fingerprint density at radius 3 is 2.63 bits per heavy atom. The quantitative estimate of drug-likeness (QED) is 0.672. The maximum atomic E-state index is 13.0. The number of amides is 2. The Kier molecular flexibility index (Phi) is 4.94. The third-order valence-electron chi connectivity index (χ3n) is 6.21. The number of carbonyl (C=O) groups excluding carboxylic acids is 2. The van der Waals surface area contributed by atoms with Crippen molar-refractivity contribution in [2.45, 2.75) is 38.3 Å². The third-order valence-corrected chi connectivity index (χ3v) is 6.21. The van der Waals surface area contributed by atoms with Crippen molar-refractivity contribution in [3.63, 3.8) is 0 Å². The van der Waals surface area contributed by atoms with Crippen molar-refractivity contribution in [3.8, 4) is 0 Å². The molecular formula is C23H25N5O2. The van der Waals surface area contributed by atoms with Crippen molar-refractivity contribution >= 4 is 23.0 Å². The summed E-state index contributed by atoms with van der Waals surface area (Å²) in [4.78, 5) is 38.2. The number of fused-ring (bicyclic) bond motifs is 1. The largest absolute Gasteiger partial charge is 0.336 e. The molecule has 0 unspecified atom stereocenters. The van der Waals surface area contributed by atoms with Crippen LogP contribution in [0.2, 0.25) is 0 Å². The molecule has 3 aromatic rings. The van der Waals surface area contributed by atoms with E-state index in [1.54, 1.807) is 23.5 Å². The van der Waals surface area contributed by atoms with Gasteiger partial charge in [0.1, 0.15) is 12.1 Å². The fourth-order valence-corrected chi connectivity index (χ4v) is 4.61. The van der Waals surface area contributed by atoms with Crippen molar-refractivity contribution in [3.05, 3.63) is 60.0 Å². The molecule has 7 nitrogen and oxygen atoms in total. The highest BCUT2D eigenvalue weighted by Gasteiger charge is 2.33. The van der Waals surface area contributed by atoms with Crippen LogP contribution >= 0.6 is 0 Å². The summed E-state index contributed by atoms with van der Waals surface area (Å²) >= 11 is 0. The molecule has 2 aliphatic rings. The molecule has 1 aliphatic carbocycles. The van der Waals surface area contributed by atoms with E-state index >= 15 is 0 Å². The standard InChI is InChI=1S/C23H25N5O2/c29-21-15-26(10-11-28(21)19-8-4-5-9-19)23(30)18-12-20-22(24-13-18)27(16-25-20)14-17-6-2-1-3-7-17/h1-3,6-7,12-13,16,19H,4-5,8-11,14-15H2. The smallest absolute Gasteiger partial charge is 0.256 e. The number of nitrogens with zero attached hydrogens (tertiary/aromatic N) is 5.